The molecular formula is C20H34N2O8S3. The average molecular weight is 527 g/mol. The second kappa shape index (κ2) is 15.6. The van der Waals surface area contributed by atoms with Crippen LogP contribution in [0.1, 0.15) is 52.4 Å². The van der Waals surface area contributed by atoms with Crippen molar-refractivity contribution in [1.82, 2.24) is 10.6 Å². The molecule has 0 aromatic rings. The van der Waals surface area contributed by atoms with Crippen molar-refractivity contribution in [1.29, 1.82) is 0 Å². The number of hydrogen-bond donors (Lipinski definition) is 5. The molecule has 0 aromatic heterocycles. The van der Waals surface area contributed by atoms with E-state index in [0.717, 1.165) is 25.0 Å². The first-order valence-electron chi connectivity index (χ1n) is 10.7. The number of carbonyl (C=O) groups excluding carboxylic acids is 2. The van der Waals surface area contributed by atoms with Crippen molar-refractivity contribution in [3.05, 3.63) is 0 Å². The lowest BCUT2D eigenvalue weighted by atomic mass is 9.87. The summed E-state index contributed by atoms with van der Waals surface area (Å²) >= 11 is 1.76. The number of carboxylic acid groups (broad SMARTS) is 2. The minimum Gasteiger partial charge on any atom is -0.481 e. The van der Waals surface area contributed by atoms with Crippen molar-refractivity contribution >= 4 is 57.3 Å². The second-order valence-corrected chi connectivity index (χ2v) is 12.7. The first kappa shape index (κ1) is 29.7. The molecule has 10 nitrogen and oxygen atoms in total. The normalized spacial score (nSPS) is 19.0. The number of rotatable bonds is 16. The summed E-state index contributed by atoms with van der Waals surface area (Å²) in [7, 11) is 3.67. The molecule has 0 aliphatic carbocycles. The summed E-state index contributed by atoms with van der Waals surface area (Å²) in [5.41, 5.74) is -1.05. The van der Waals surface area contributed by atoms with E-state index in [9.17, 15) is 24.3 Å². The van der Waals surface area contributed by atoms with Gasteiger partial charge in [0.05, 0.1) is 11.0 Å². The number of nitrogens with one attached hydrogen (secondary N) is 2. The molecule has 2 amide bonds. The molecule has 1 rings (SSSR count). The van der Waals surface area contributed by atoms with E-state index in [2.05, 4.69) is 10.6 Å². The number of aliphatic hydroxyl groups is 1. The molecule has 0 bridgehead atoms. The molecule has 0 aromatic carbocycles. The molecule has 0 spiro atoms. The molecule has 190 valence electrons. The number of thioether (sulfide) groups is 1. The summed E-state index contributed by atoms with van der Waals surface area (Å²) in [4.78, 5) is 44.9. The number of alkyl carbamates (subject to hydrolysis) is 1. The van der Waals surface area contributed by atoms with Crippen LogP contribution in [0.15, 0.2) is 0 Å². The molecule has 1 heterocycles. The minimum atomic E-state index is -1.45. The third-order valence-corrected chi connectivity index (χ3v) is 9.93. The maximum Gasteiger partial charge on any atom is 0.407 e. The van der Waals surface area contributed by atoms with E-state index >= 15 is 0 Å². The largest absolute Gasteiger partial charge is 0.481 e. The first-order valence-corrected chi connectivity index (χ1v) is 14.1. The molecule has 1 saturated heterocycles. The monoisotopic (exact) mass is 526 g/mol. The predicted octanol–water partition coefficient (Wildman–Crippen LogP) is 2.55. The Morgan fingerprint density at radius 2 is 1.76 bits per heavy atom. The Morgan fingerprint density at radius 1 is 1.06 bits per heavy atom. The second-order valence-electron chi connectivity index (χ2n) is 8.32. The zero-order chi connectivity index (χ0) is 24.9. The van der Waals surface area contributed by atoms with Gasteiger partial charge in [0.1, 0.15) is 12.7 Å². The quantitative estimate of drug-likeness (QED) is 0.148. The van der Waals surface area contributed by atoms with Crippen molar-refractivity contribution < 1.29 is 39.2 Å². The summed E-state index contributed by atoms with van der Waals surface area (Å²) in [5, 5.41) is 33.0. The Bertz CT molecular complexity index is 665. The van der Waals surface area contributed by atoms with Gasteiger partial charge in [-0.25, -0.2) is 4.79 Å². The van der Waals surface area contributed by atoms with Crippen molar-refractivity contribution in [3.63, 3.8) is 0 Å². The van der Waals surface area contributed by atoms with Gasteiger partial charge in [-0.05, 0) is 19.3 Å². The zero-order valence-electron chi connectivity index (χ0n) is 18.9. The van der Waals surface area contributed by atoms with Crippen LogP contribution >= 0.6 is 33.3 Å². The standard InChI is InChI=1S/C20H34N2O8S3/c1-20(2,17(27)18(28)21-8-7-15(25)26)12-30-19(29)22-9-10-31-16-11-13(32-33-16)5-3-4-6-14(23)24/h13,16-17,27H,3-12H2,1-2H3,(H,21,28)(H,22,29)(H,23,24)(H,25,26)/t13-,16?,17+/m1/s1. The highest BCUT2D eigenvalue weighted by Crippen LogP contribution is 2.49. The van der Waals surface area contributed by atoms with Crippen molar-refractivity contribution in [2.75, 3.05) is 25.4 Å². The van der Waals surface area contributed by atoms with Gasteiger partial charge in [0, 0.05) is 35.9 Å². The van der Waals surface area contributed by atoms with Crippen LogP contribution in [-0.4, -0.2) is 80.6 Å². The molecule has 5 N–H and O–H groups in total. The lowest BCUT2D eigenvalue weighted by molar-refractivity contribution is -0.139. The molecule has 1 aliphatic rings. The van der Waals surface area contributed by atoms with Gasteiger partial charge in [-0.3, -0.25) is 14.4 Å². The number of aliphatic carboxylic acids is 2. The van der Waals surface area contributed by atoms with Crippen molar-refractivity contribution in [2.45, 2.75) is 68.3 Å². The maximum atomic E-state index is 11.9. The van der Waals surface area contributed by atoms with E-state index in [1.807, 2.05) is 21.6 Å². The van der Waals surface area contributed by atoms with Crippen LogP contribution in [0.25, 0.3) is 0 Å². The average Bonchev–Trinajstić information content (AvgIpc) is 3.19. The molecule has 1 unspecified atom stereocenters. The summed E-state index contributed by atoms with van der Waals surface area (Å²) in [6.07, 6.45) is 1.59. The highest BCUT2D eigenvalue weighted by Gasteiger charge is 2.35. The van der Waals surface area contributed by atoms with Crippen LogP contribution in [0.4, 0.5) is 4.79 Å². The number of unbranched alkanes of at least 4 members (excludes halogenated alkanes) is 1. The molecule has 0 radical (unpaired) electrons. The third kappa shape index (κ3) is 13.2. The van der Waals surface area contributed by atoms with Crippen LogP contribution in [0.3, 0.4) is 0 Å². The Labute approximate surface area is 206 Å². The Hall–Kier alpha value is -1.31. The van der Waals surface area contributed by atoms with Crippen LogP contribution in [0.2, 0.25) is 0 Å². The number of hydrogen-bond acceptors (Lipinski definition) is 9. The number of aliphatic hydroxyl groups excluding tert-OH is 1. The highest BCUT2D eigenvalue weighted by atomic mass is 33.1. The number of carbonyl (C=O) groups is 4. The van der Waals surface area contributed by atoms with Gasteiger partial charge in [0.2, 0.25) is 5.91 Å². The van der Waals surface area contributed by atoms with Gasteiger partial charge >= 0.3 is 18.0 Å². The fraction of sp³-hybridized carbons (Fsp3) is 0.800. The smallest absolute Gasteiger partial charge is 0.407 e. The van der Waals surface area contributed by atoms with Gasteiger partial charge in [0.25, 0.3) is 0 Å². The lowest BCUT2D eigenvalue weighted by Crippen LogP contribution is -2.47. The predicted molar refractivity (Wildman–Crippen MR) is 130 cm³/mol. The molecule has 33 heavy (non-hydrogen) atoms. The van der Waals surface area contributed by atoms with Gasteiger partial charge in [-0.1, -0.05) is 41.9 Å². The SMILES string of the molecule is CC(C)(COC(=O)NCCSC1C[C@@H](CCCCC(=O)O)SS1)[C@@H](O)C(=O)NCCC(=O)O. The van der Waals surface area contributed by atoms with E-state index in [1.54, 1.807) is 25.6 Å². The number of amides is 2. The van der Waals surface area contributed by atoms with Crippen molar-refractivity contribution in [2.24, 2.45) is 5.41 Å². The molecular weight excluding hydrogens is 492 g/mol. The Kier molecular flexibility index (Phi) is 14.0. The topological polar surface area (TPSA) is 162 Å². The third-order valence-electron chi connectivity index (χ3n) is 4.80. The Morgan fingerprint density at radius 3 is 2.42 bits per heavy atom. The first-order chi connectivity index (χ1) is 15.5. The minimum absolute atomic E-state index is 0.0937. The molecule has 0 saturated carbocycles. The number of carboxylic acids is 2. The van der Waals surface area contributed by atoms with E-state index in [-0.39, 0.29) is 26.0 Å². The summed E-state index contributed by atoms with van der Waals surface area (Å²) in [6, 6.07) is 0. The Balaban J connectivity index is 2.16. The number of ether oxygens (including phenoxy) is 1. The highest BCUT2D eigenvalue weighted by molar-refractivity contribution is 8.79. The van der Waals surface area contributed by atoms with E-state index in [4.69, 9.17) is 14.9 Å². The lowest BCUT2D eigenvalue weighted by Gasteiger charge is -2.28. The van der Waals surface area contributed by atoms with E-state index in [0.29, 0.717) is 22.8 Å². The summed E-state index contributed by atoms with van der Waals surface area (Å²) < 4.78 is 5.57. The summed E-state index contributed by atoms with van der Waals surface area (Å²) in [6.45, 7) is 3.30. The molecule has 1 fully saturated rings. The van der Waals surface area contributed by atoms with Gasteiger partial charge in [-0.2, -0.15) is 0 Å². The van der Waals surface area contributed by atoms with Crippen LogP contribution in [0, 0.1) is 5.41 Å². The van der Waals surface area contributed by atoms with Gasteiger partial charge < -0.3 is 30.7 Å². The van der Waals surface area contributed by atoms with Gasteiger partial charge in [0.15, 0.2) is 0 Å². The molecule has 13 heteroatoms. The molecule has 1 aliphatic heterocycles. The van der Waals surface area contributed by atoms with Crippen LogP contribution < -0.4 is 10.6 Å². The fourth-order valence-electron chi connectivity index (χ4n) is 2.81. The van der Waals surface area contributed by atoms with Crippen molar-refractivity contribution in [3.8, 4) is 0 Å². The van der Waals surface area contributed by atoms with E-state index < -0.39 is 35.5 Å². The zero-order valence-corrected chi connectivity index (χ0v) is 21.4. The van der Waals surface area contributed by atoms with Crippen LogP contribution in [-0.2, 0) is 19.1 Å². The fourth-order valence-corrected chi connectivity index (χ4v) is 8.06. The molecule has 3 atom stereocenters. The summed E-state index contributed by atoms with van der Waals surface area (Å²) in [5.74, 6) is -1.80. The van der Waals surface area contributed by atoms with E-state index in [1.165, 1.54) is 0 Å². The maximum absolute atomic E-state index is 11.9. The van der Waals surface area contributed by atoms with Crippen LogP contribution in [0.5, 0.6) is 0 Å². The van der Waals surface area contributed by atoms with Gasteiger partial charge in [-0.15, -0.1) is 11.8 Å².